The van der Waals surface area contributed by atoms with Crippen molar-refractivity contribution >= 4 is 11.8 Å². The maximum absolute atomic E-state index is 13.5. The van der Waals surface area contributed by atoms with E-state index in [0.29, 0.717) is 13.1 Å². The van der Waals surface area contributed by atoms with Crippen LogP contribution in [0.25, 0.3) is 0 Å². The van der Waals surface area contributed by atoms with Crippen molar-refractivity contribution in [3.05, 3.63) is 23.3 Å². The van der Waals surface area contributed by atoms with Crippen molar-refractivity contribution in [1.82, 2.24) is 15.1 Å². The quantitative estimate of drug-likeness (QED) is 0.402. The van der Waals surface area contributed by atoms with Crippen molar-refractivity contribution in [2.45, 2.75) is 76.5 Å². The molecular weight excluding hydrogens is 366 g/mol. The molecule has 29 heavy (non-hydrogen) atoms. The van der Waals surface area contributed by atoms with Gasteiger partial charge in [-0.3, -0.25) is 9.59 Å². The van der Waals surface area contributed by atoms with E-state index in [0.717, 1.165) is 62.6 Å². The molecule has 6 heteroatoms. The highest BCUT2D eigenvalue weighted by molar-refractivity contribution is 6.07. The Hall–Kier alpha value is -1.66. The maximum Gasteiger partial charge on any atom is 0.254 e. The standard InChI is InChI=1S/C23H37N3O3/c1-5-7-9-14-24-21(27)20-23-13-12-18(29-23)17(11-8-6-2)19(23)22(28)26(20)16-10-15-25(3)4/h12-13,18,20H,5-11,14-16H2,1-4H3,(H,24,27)/t18-,20+,23+/m1/s1. The van der Waals surface area contributed by atoms with Gasteiger partial charge in [-0.05, 0) is 58.0 Å². The van der Waals surface area contributed by atoms with Gasteiger partial charge in [-0.1, -0.05) is 39.2 Å². The Kier molecular flexibility index (Phi) is 7.17. The van der Waals surface area contributed by atoms with Crippen LogP contribution in [0.2, 0.25) is 0 Å². The van der Waals surface area contributed by atoms with Crippen LogP contribution in [0.15, 0.2) is 23.3 Å². The zero-order valence-electron chi connectivity index (χ0n) is 18.5. The third kappa shape index (κ3) is 4.15. The van der Waals surface area contributed by atoms with Gasteiger partial charge in [-0.15, -0.1) is 0 Å². The first-order valence-electron chi connectivity index (χ1n) is 11.3. The molecule has 1 saturated heterocycles. The topological polar surface area (TPSA) is 61.9 Å². The number of amides is 2. The lowest BCUT2D eigenvalue weighted by atomic mass is 9.83. The zero-order chi connectivity index (χ0) is 21.0. The number of carbonyl (C=O) groups is 2. The summed E-state index contributed by atoms with van der Waals surface area (Å²) in [7, 11) is 4.05. The van der Waals surface area contributed by atoms with Crippen molar-refractivity contribution < 1.29 is 14.3 Å². The molecule has 0 aromatic rings. The first-order valence-corrected chi connectivity index (χ1v) is 11.3. The SMILES string of the molecule is CCCCCNC(=O)[C@@H]1N(CCCN(C)C)C(=O)C2=C(CCCC)[C@H]3C=C[C@]21O3. The normalized spacial score (nSPS) is 27.5. The molecule has 0 aromatic heterocycles. The number of ether oxygens (including phenoxy) is 1. The molecule has 2 amide bonds. The smallest absolute Gasteiger partial charge is 0.254 e. The van der Waals surface area contributed by atoms with Gasteiger partial charge in [0.15, 0.2) is 0 Å². The summed E-state index contributed by atoms with van der Waals surface area (Å²) in [4.78, 5) is 30.6. The van der Waals surface area contributed by atoms with E-state index < -0.39 is 11.6 Å². The second-order valence-corrected chi connectivity index (χ2v) is 8.75. The Morgan fingerprint density at radius 1 is 1.21 bits per heavy atom. The molecule has 3 atom stereocenters. The molecule has 3 rings (SSSR count). The highest BCUT2D eigenvalue weighted by Crippen LogP contribution is 2.52. The summed E-state index contributed by atoms with van der Waals surface area (Å²) in [5, 5.41) is 3.08. The zero-order valence-corrected chi connectivity index (χ0v) is 18.5. The van der Waals surface area contributed by atoms with E-state index in [2.05, 4.69) is 24.1 Å². The molecule has 1 spiro atoms. The number of hydrogen-bond donors (Lipinski definition) is 1. The van der Waals surface area contributed by atoms with Crippen LogP contribution in [0, 0.1) is 0 Å². The Bertz CT molecular complexity index is 685. The fourth-order valence-electron chi connectivity index (χ4n) is 4.77. The summed E-state index contributed by atoms with van der Waals surface area (Å²) in [5.74, 6) is -0.0910. The summed E-state index contributed by atoms with van der Waals surface area (Å²) in [6.07, 6.45) is 10.8. The van der Waals surface area contributed by atoms with Gasteiger partial charge in [-0.2, -0.15) is 0 Å². The summed E-state index contributed by atoms with van der Waals surface area (Å²) < 4.78 is 6.36. The Morgan fingerprint density at radius 3 is 2.66 bits per heavy atom. The van der Waals surface area contributed by atoms with Crippen molar-refractivity contribution in [3.63, 3.8) is 0 Å². The van der Waals surface area contributed by atoms with Crippen LogP contribution in [0.4, 0.5) is 0 Å². The summed E-state index contributed by atoms with van der Waals surface area (Å²) in [5.41, 5.74) is 0.952. The molecule has 1 N–H and O–H groups in total. The minimum atomic E-state index is -0.891. The molecule has 3 aliphatic heterocycles. The Labute approximate surface area is 175 Å². The highest BCUT2D eigenvalue weighted by atomic mass is 16.5. The van der Waals surface area contributed by atoms with Crippen molar-refractivity contribution in [2.75, 3.05) is 33.7 Å². The number of fused-ring (bicyclic) bond motifs is 1. The second-order valence-electron chi connectivity index (χ2n) is 8.75. The van der Waals surface area contributed by atoms with E-state index in [1.54, 1.807) is 4.90 Å². The number of hydrogen-bond acceptors (Lipinski definition) is 4. The molecule has 1 fully saturated rings. The number of carbonyl (C=O) groups excluding carboxylic acids is 2. The molecule has 2 bridgehead atoms. The second kappa shape index (κ2) is 9.43. The molecule has 6 nitrogen and oxygen atoms in total. The van der Waals surface area contributed by atoms with Crippen molar-refractivity contribution in [1.29, 1.82) is 0 Å². The van der Waals surface area contributed by atoms with E-state index >= 15 is 0 Å². The minimum Gasteiger partial charge on any atom is -0.354 e. The fraction of sp³-hybridized carbons (Fsp3) is 0.739. The van der Waals surface area contributed by atoms with Gasteiger partial charge in [0.2, 0.25) is 5.91 Å². The number of nitrogens with zero attached hydrogens (tertiary/aromatic N) is 2. The lowest BCUT2D eigenvalue weighted by Gasteiger charge is -2.31. The van der Waals surface area contributed by atoms with Crippen molar-refractivity contribution in [2.24, 2.45) is 0 Å². The third-order valence-electron chi connectivity index (χ3n) is 6.22. The average molecular weight is 404 g/mol. The van der Waals surface area contributed by atoms with E-state index in [9.17, 15) is 9.59 Å². The van der Waals surface area contributed by atoms with Crippen molar-refractivity contribution in [3.8, 4) is 0 Å². The van der Waals surface area contributed by atoms with Gasteiger partial charge < -0.3 is 19.9 Å². The van der Waals surface area contributed by atoms with Gasteiger partial charge in [0.05, 0.1) is 11.7 Å². The minimum absolute atomic E-state index is 0.00424. The predicted octanol–water partition coefficient (Wildman–Crippen LogP) is 2.65. The number of nitrogens with one attached hydrogen (secondary N) is 1. The number of rotatable bonds is 12. The van der Waals surface area contributed by atoms with Crippen LogP contribution in [0.5, 0.6) is 0 Å². The molecule has 0 saturated carbocycles. The lowest BCUT2D eigenvalue weighted by molar-refractivity contribution is -0.138. The first kappa shape index (κ1) is 22.0. The molecule has 0 radical (unpaired) electrons. The van der Waals surface area contributed by atoms with Gasteiger partial charge in [-0.25, -0.2) is 0 Å². The fourth-order valence-corrected chi connectivity index (χ4v) is 4.77. The largest absolute Gasteiger partial charge is 0.354 e. The summed E-state index contributed by atoms with van der Waals surface area (Å²) >= 11 is 0. The van der Waals surface area contributed by atoms with Gasteiger partial charge in [0.25, 0.3) is 5.91 Å². The summed E-state index contributed by atoms with van der Waals surface area (Å²) in [6, 6.07) is -0.603. The van der Waals surface area contributed by atoms with Crippen LogP contribution < -0.4 is 5.32 Å². The molecule has 162 valence electrons. The van der Waals surface area contributed by atoms with E-state index in [1.807, 2.05) is 26.2 Å². The van der Waals surface area contributed by atoms with Gasteiger partial charge in [0.1, 0.15) is 11.6 Å². The van der Waals surface area contributed by atoms with Crippen LogP contribution >= 0.6 is 0 Å². The van der Waals surface area contributed by atoms with Gasteiger partial charge in [0, 0.05) is 13.1 Å². The van der Waals surface area contributed by atoms with Crippen LogP contribution in [0.1, 0.15) is 58.8 Å². The molecule has 3 aliphatic rings. The monoisotopic (exact) mass is 403 g/mol. The first-order chi connectivity index (χ1) is 14.0. The average Bonchev–Trinajstić information content (AvgIpc) is 3.31. The lowest BCUT2D eigenvalue weighted by Crippen LogP contribution is -2.54. The molecule has 0 unspecified atom stereocenters. The highest BCUT2D eigenvalue weighted by Gasteiger charge is 2.65. The van der Waals surface area contributed by atoms with Crippen LogP contribution in [0.3, 0.4) is 0 Å². The molecule has 0 aromatic carbocycles. The Morgan fingerprint density at radius 2 is 1.97 bits per heavy atom. The van der Waals surface area contributed by atoms with E-state index in [4.69, 9.17) is 4.74 Å². The van der Waals surface area contributed by atoms with E-state index in [1.165, 1.54) is 0 Å². The van der Waals surface area contributed by atoms with Crippen LogP contribution in [-0.4, -0.2) is 73.1 Å². The third-order valence-corrected chi connectivity index (χ3v) is 6.22. The molecule has 0 aliphatic carbocycles. The number of likely N-dealkylation sites (tertiary alicyclic amines) is 1. The van der Waals surface area contributed by atoms with Gasteiger partial charge >= 0.3 is 0 Å². The molecule has 3 heterocycles. The Balaban J connectivity index is 1.85. The summed E-state index contributed by atoms with van der Waals surface area (Å²) in [6.45, 7) is 6.39. The maximum atomic E-state index is 13.5. The molecular formula is C23H37N3O3. The number of unbranched alkanes of at least 4 members (excludes halogenated alkanes) is 3. The van der Waals surface area contributed by atoms with Crippen LogP contribution in [-0.2, 0) is 14.3 Å². The predicted molar refractivity (Wildman–Crippen MR) is 115 cm³/mol. The van der Waals surface area contributed by atoms with E-state index in [-0.39, 0.29) is 17.9 Å².